The first-order valence-electron chi connectivity index (χ1n) is 6.42. The Hall–Kier alpha value is -0.860. The number of benzene rings is 1. The second kappa shape index (κ2) is 6.18. The molecule has 1 rings (SSSR count). The number of nitrogens with two attached hydrogens (primary N) is 1. The van der Waals surface area contributed by atoms with E-state index in [1.807, 2.05) is 0 Å². The van der Waals surface area contributed by atoms with Gasteiger partial charge in [-0.3, -0.25) is 0 Å². The standard InChI is InChI=1S/C15H26N2/c1-5-13-6-8-14(9-7-13)10-15(2,11-16)12-17(3)4/h6-9H,5,10-12,16H2,1-4H3. The highest BCUT2D eigenvalue weighted by atomic mass is 15.1. The average molecular weight is 234 g/mol. The molecule has 0 bridgehead atoms. The summed E-state index contributed by atoms with van der Waals surface area (Å²) in [6, 6.07) is 8.93. The van der Waals surface area contributed by atoms with E-state index < -0.39 is 0 Å². The van der Waals surface area contributed by atoms with Gasteiger partial charge in [0, 0.05) is 6.54 Å². The van der Waals surface area contributed by atoms with E-state index in [9.17, 15) is 0 Å². The van der Waals surface area contributed by atoms with Crippen LogP contribution < -0.4 is 5.73 Å². The Balaban J connectivity index is 2.72. The topological polar surface area (TPSA) is 29.3 Å². The van der Waals surface area contributed by atoms with Crippen molar-refractivity contribution in [2.75, 3.05) is 27.2 Å². The highest BCUT2D eigenvalue weighted by Gasteiger charge is 2.23. The van der Waals surface area contributed by atoms with Crippen molar-refractivity contribution in [3.8, 4) is 0 Å². The molecular weight excluding hydrogens is 208 g/mol. The molecule has 0 radical (unpaired) electrons. The molecule has 0 saturated heterocycles. The number of rotatable bonds is 6. The van der Waals surface area contributed by atoms with Crippen molar-refractivity contribution < 1.29 is 0 Å². The lowest BCUT2D eigenvalue weighted by Crippen LogP contribution is -2.39. The summed E-state index contributed by atoms with van der Waals surface area (Å²) in [6.45, 7) is 6.20. The van der Waals surface area contributed by atoms with Gasteiger partial charge >= 0.3 is 0 Å². The van der Waals surface area contributed by atoms with Gasteiger partial charge in [0.25, 0.3) is 0 Å². The van der Waals surface area contributed by atoms with Gasteiger partial charge in [-0.15, -0.1) is 0 Å². The zero-order chi connectivity index (χ0) is 12.9. The van der Waals surface area contributed by atoms with Crippen molar-refractivity contribution in [2.45, 2.75) is 26.7 Å². The van der Waals surface area contributed by atoms with Crippen molar-refractivity contribution in [3.63, 3.8) is 0 Å². The first-order valence-corrected chi connectivity index (χ1v) is 6.42. The second-order valence-corrected chi connectivity index (χ2v) is 5.60. The maximum Gasteiger partial charge on any atom is 0.00445 e. The minimum absolute atomic E-state index is 0.164. The minimum Gasteiger partial charge on any atom is -0.330 e. The molecule has 0 spiro atoms. The van der Waals surface area contributed by atoms with Crippen LogP contribution in [0.5, 0.6) is 0 Å². The predicted octanol–water partition coefficient (Wildman–Crippen LogP) is 2.32. The third-order valence-corrected chi connectivity index (χ3v) is 3.25. The summed E-state index contributed by atoms with van der Waals surface area (Å²) < 4.78 is 0. The Kier molecular flexibility index (Phi) is 5.16. The van der Waals surface area contributed by atoms with Gasteiger partial charge in [-0.05, 0) is 50.0 Å². The number of nitrogens with zero attached hydrogens (tertiary/aromatic N) is 1. The third kappa shape index (κ3) is 4.49. The molecule has 1 aromatic carbocycles. The van der Waals surface area contributed by atoms with E-state index in [-0.39, 0.29) is 5.41 Å². The molecule has 0 aliphatic heterocycles. The van der Waals surface area contributed by atoms with Crippen LogP contribution in [0.3, 0.4) is 0 Å². The molecule has 17 heavy (non-hydrogen) atoms. The maximum atomic E-state index is 5.93. The summed E-state index contributed by atoms with van der Waals surface area (Å²) in [5, 5.41) is 0. The summed E-state index contributed by atoms with van der Waals surface area (Å²) in [7, 11) is 4.21. The highest BCUT2D eigenvalue weighted by molar-refractivity contribution is 5.23. The van der Waals surface area contributed by atoms with Gasteiger partial charge in [-0.25, -0.2) is 0 Å². The molecule has 0 amide bonds. The molecule has 1 unspecified atom stereocenters. The zero-order valence-corrected chi connectivity index (χ0v) is 11.7. The van der Waals surface area contributed by atoms with E-state index in [2.05, 4.69) is 57.1 Å². The van der Waals surface area contributed by atoms with Gasteiger partial charge in [0.15, 0.2) is 0 Å². The van der Waals surface area contributed by atoms with Gasteiger partial charge in [0.05, 0.1) is 0 Å². The molecule has 0 heterocycles. The second-order valence-electron chi connectivity index (χ2n) is 5.60. The van der Waals surface area contributed by atoms with Crippen LogP contribution in [-0.4, -0.2) is 32.1 Å². The van der Waals surface area contributed by atoms with Crippen LogP contribution in [0, 0.1) is 5.41 Å². The van der Waals surface area contributed by atoms with E-state index in [4.69, 9.17) is 5.73 Å². The predicted molar refractivity (Wildman–Crippen MR) is 75.2 cm³/mol. The van der Waals surface area contributed by atoms with Crippen molar-refractivity contribution in [1.29, 1.82) is 0 Å². The Morgan fingerprint density at radius 3 is 2.06 bits per heavy atom. The molecule has 96 valence electrons. The molecule has 2 nitrogen and oxygen atoms in total. The monoisotopic (exact) mass is 234 g/mol. The fourth-order valence-corrected chi connectivity index (χ4v) is 2.34. The van der Waals surface area contributed by atoms with E-state index >= 15 is 0 Å². The van der Waals surface area contributed by atoms with E-state index in [0.29, 0.717) is 0 Å². The third-order valence-electron chi connectivity index (χ3n) is 3.25. The van der Waals surface area contributed by atoms with Gasteiger partial charge in [0.2, 0.25) is 0 Å². The zero-order valence-electron chi connectivity index (χ0n) is 11.7. The molecule has 0 aromatic heterocycles. The van der Waals surface area contributed by atoms with Gasteiger partial charge < -0.3 is 10.6 Å². The van der Waals surface area contributed by atoms with Crippen LogP contribution in [0.4, 0.5) is 0 Å². The highest BCUT2D eigenvalue weighted by Crippen LogP contribution is 2.22. The maximum absolute atomic E-state index is 5.93. The van der Waals surface area contributed by atoms with Crippen LogP contribution in [-0.2, 0) is 12.8 Å². The van der Waals surface area contributed by atoms with Gasteiger partial charge in [-0.1, -0.05) is 38.1 Å². The van der Waals surface area contributed by atoms with E-state index in [1.165, 1.54) is 11.1 Å². The lowest BCUT2D eigenvalue weighted by Gasteiger charge is -2.31. The van der Waals surface area contributed by atoms with E-state index in [1.54, 1.807) is 0 Å². The van der Waals surface area contributed by atoms with Crippen LogP contribution in [0.2, 0.25) is 0 Å². The van der Waals surface area contributed by atoms with Crippen molar-refractivity contribution >= 4 is 0 Å². The number of hydrogen-bond acceptors (Lipinski definition) is 2. The van der Waals surface area contributed by atoms with Gasteiger partial charge in [-0.2, -0.15) is 0 Å². The van der Waals surface area contributed by atoms with Crippen LogP contribution in [0.25, 0.3) is 0 Å². The minimum atomic E-state index is 0.164. The first kappa shape index (κ1) is 14.2. The Morgan fingerprint density at radius 1 is 1.12 bits per heavy atom. The normalized spacial score (nSPS) is 14.9. The van der Waals surface area contributed by atoms with Crippen LogP contribution in [0.1, 0.15) is 25.0 Å². The van der Waals surface area contributed by atoms with Crippen LogP contribution >= 0.6 is 0 Å². The molecule has 0 fully saturated rings. The SMILES string of the molecule is CCc1ccc(CC(C)(CN)CN(C)C)cc1. The molecule has 2 heteroatoms. The Labute approximate surface area is 106 Å². The Bertz CT molecular complexity index is 329. The largest absolute Gasteiger partial charge is 0.330 e. The smallest absolute Gasteiger partial charge is 0.00445 e. The molecular formula is C15H26N2. The van der Waals surface area contributed by atoms with Crippen molar-refractivity contribution in [3.05, 3.63) is 35.4 Å². The molecule has 0 saturated carbocycles. The first-order chi connectivity index (χ1) is 7.99. The quantitative estimate of drug-likeness (QED) is 0.818. The fraction of sp³-hybridized carbons (Fsp3) is 0.600. The average Bonchev–Trinajstić information content (AvgIpc) is 2.29. The van der Waals surface area contributed by atoms with Crippen molar-refractivity contribution in [1.82, 2.24) is 4.90 Å². The van der Waals surface area contributed by atoms with Gasteiger partial charge in [0.1, 0.15) is 0 Å². The van der Waals surface area contributed by atoms with Crippen LogP contribution in [0.15, 0.2) is 24.3 Å². The summed E-state index contributed by atoms with van der Waals surface area (Å²) in [4.78, 5) is 2.22. The van der Waals surface area contributed by atoms with Crippen molar-refractivity contribution in [2.24, 2.45) is 11.1 Å². The fourth-order valence-electron chi connectivity index (χ4n) is 2.34. The number of aryl methyl sites for hydroxylation is 1. The summed E-state index contributed by atoms with van der Waals surface area (Å²) in [6.07, 6.45) is 2.15. The summed E-state index contributed by atoms with van der Waals surface area (Å²) in [5.74, 6) is 0. The lowest BCUT2D eigenvalue weighted by molar-refractivity contribution is 0.224. The summed E-state index contributed by atoms with van der Waals surface area (Å²) >= 11 is 0. The number of hydrogen-bond donors (Lipinski definition) is 1. The lowest BCUT2D eigenvalue weighted by atomic mass is 9.83. The van der Waals surface area contributed by atoms with E-state index in [0.717, 1.165) is 25.9 Å². The molecule has 0 aliphatic rings. The molecule has 1 aromatic rings. The Morgan fingerprint density at radius 2 is 1.65 bits per heavy atom. The summed E-state index contributed by atoms with van der Waals surface area (Å²) in [5.41, 5.74) is 8.88. The molecule has 0 aliphatic carbocycles. The molecule has 2 N–H and O–H groups in total. The molecule has 1 atom stereocenters.